The lowest BCUT2D eigenvalue weighted by Gasteiger charge is -2.23. The molecule has 1 N–H and O–H groups in total. The molecule has 0 spiro atoms. The van der Waals surface area contributed by atoms with Gasteiger partial charge in [0.2, 0.25) is 0 Å². The molecule has 0 aliphatic rings. The molecule has 0 aromatic heterocycles. The molecule has 13 heteroatoms. The van der Waals surface area contributed by atoms with E-state index in [-0.39, 0.29) is 10.6 Å². The van der Waals surface area contributed by atoms with Gasteiger partial charge in [-0.3, -0.25) is 14.9 Å². The number of sulfonamides is 1. The van der Waals surface area contributed by atoms with Crippen molar-refractivity contribution in [2.75, 3.05) is 18.0 Å². The van der Waals surface area contributed by atoms with Crippen LogP contribution in [0.3, 0.4) is 0 Å². The first-order valence-electron chi connectivity index (χ1n) is 12.8. The van der Waals surface area contributed by atoms with E-state index in [2.05, 4.69) is 26.5 Å². The average Bonchev–Trinajstić information content (AvgIpc) is 3.00. The van der Waals surface area contributed by atoms with Crippen LogP contribution in [0.2, 0.25) is 0 Å². The van der Waals surface area contributed by atoms with E-state index in [1.165, 1.54) is 55.8 Å². The Morgan fingerprint density at radius 3 is 2.40 bits per heavy atom. The zero-order chi connectivity index (χ0) is 31.0. The van der Waals surface area contributed by atoms with Crippen molar-refractivity contribution in [3.8, 4) is 11.5 Å². The molecule has 0 saturated heterocycles. The van der Waals surface area contributed by atoms with Crippen LogP contribution >= 0.6 is 15.9 Å². The fourth-order valence-corrected chi connectivity index (χ4v) is 6.02. The van der Waals surface area contributed by atoms with Gasteiger partial charge < -0.3 is 9.47 Å². The maximum atomic E-state index is 13.5. The van der Waals surface area contributed by atoms with Crippen LogP contribution in [0, 0.1) is 17.0 Å². The number of para-hydroxylation sites is 2. The number of carbonyl (C=O) groups is 1. The molecule has 0 radical (unpaired) electrons. The molecule has 0 heterocycles. The van der Waals surface area contributed by atoms with Gasteiger partial charge in [0.15, 0.2) is 11.5 Å². The van der Waals surface area contributed by atoms with E-state index in [4.69, 9.17) is 9.47 Å². The number of benzene rings is 4. The second-order valence-electron chi connectivity index (χ2n) is 9.17. The molecule has 0 bridgehead atoms. The third-order valence-electron chi connectivity index (χ3n) is 6.12. The molecule has 1 amide bonds. The van der Waals surface area contributed by atoms with Crippen LogP contribution in [0.25, 0.3) is 0 Å². The Hall–Kier alpha value is -4.75. The van der Waals surface area contributed by atoms with Gasteiger partial charge in [0.1, 0.15) is 18.8 Å². The SMILES string of the molecule is COc1cc(/C=N\NC(=O)CN(c2ccccc2[N+](=O)[O-])S(=O)(=O)c2ccccc2)cc(Br)c1OCc1ccc(C)cc1. The van der Waals surface area contributed by atoms with Gasteiger partial charge in [0.05, 0.1) is 27.6 Å². The second-order valence-corrected chi connectivity index (χ2v) is 11.9. The summed E-state index contributed by atoms with van der Waals surface area (Å²) in [5.41, 5.74) is 4.23. The van der Waals surface area contributed by atoms with Crippen molar-refractivity contribution in [1.29, 1.82) is 0 Å². The quantitative estimate of drug-likeness (QED) is 0.118. The zero-order valence-corrected chi connectivity index (χ0v) is 25.5. The van der Waals surface area contributed by atoms with Gasteiger partial charge in [-0.1, -0.05) is 60.2 Å². The van der Waals surface area contributed by atoms with E-state index >= 15 is 0 Å². The first-order valence-corrected chi connectivity index (χ1v) is 15.0. The molecule has 0 unspecified atom stereocenters. The topological polar surface area (TPSA) is 140 Å². The molecule has 4 rings (SSSR count). The van der Waals surface area contributed by atoms with E-state index in [1.807, 2.05) is 31.2 Å². The predicted octanol–water partition coefficient (Wildman–Crippen LogP) is 5.60. The largest absolute Gasteiger partial charge is 0.493 e. The van der Waals surface area contributed by atoms with Gasteiger partial charge in [0, 0.05) is 6.07 Å². The van der Waals surface area contributed by atoms with Gasteiger partial charge in [-0.15, -0.1) is 0 Å². The highest BCUT2D eigenvalue weighted by atomic mass is 79.9. The Labute approximate surface area is 257 Å². The van der Waals surface area contributed by atoms with E-state index in [0.29, 0.717) is 32.4 Å². The number of nitro groups is 1. The maximum Gasteiger partial charge on any atom is 0.293 e. The summed E-state index contributed by atoms with van der Waals surface area (Å²) in [4.78, 5) is 23.7. The fourth-order valence-electron chi connectivity index (χ4n) is 3.99. The minimum absolute atomic E-state index is 0.133. The van der Waals surface area contributed by atoms with E-state index in [0.717, 1.165) is 17.2 Å². The van der Waals surface area contributed by atoms with Gasteiger partial charge in [-0.05, 0) is 64.3 Å². The van der Waals surface area contributed by atoms with Crippen molar-refractivity contribution in [3.05, 3.63) is 122 Å². The number of rotatable bonds is 12. The van der Waals surface area contributed by atoms with Crippen LogP contribution in [0.15, 0.2) is 105 Å². The van der Waals surface area contributed by atoms with Crippen LogP contribution in [-0.4, -0.2) is 39.1 Å². The standard InChI is InChI=1S/C30H27BrN4O7S/c1-21-12-14-22(15-13-21)20-42-30-25(31)16-23(17-28(30)41-2)18-32-33-29(36)19-34(26-10-6-7-11-27(26)35(37)38)43(39,40)24-8-4-3-5-9-24/h3-18H,19-20H2,1-2H3,(H,33,36)/b32-18-. The monoisotopic (exact) mass is 666 g/mol. The number of nitrogens with one attached hydrogen (secondary N) is 1. The smallest absolute Gasteiger partial charge is 0.293 e. The van der Waals surface area contributed by atoms with Crippen molar-refractivity contribution in [2.24, 2.45) is 5.10 Å². The molecule has 0 atom stereocenters. The number of anilines is 1. The van der Waals surface area contributed by atoms with Gasteiger partial charge in [-0.25, -0.2) is 18.1 Å². The van der Waals surface area contributed by atoms with Crippen molar-refractivity contribution in [1.82, 2.24) is 5.43 Å². The normalized spacial score (nSPS) is 11.2. The molecule has 0 fully saturated rings. The zero-order valence-electron chi connectivity index (χ0n) is 23.1. The van der Waals surface area contributed by atoms with Crippen molar-refractivity contribution in [2.45, 2.75) is 18.4 Å². The molecule has 4 aromatic carbocycles. The molecule has 222 valence electrons. The Morgan fingerprint density at radius 2 is 1.72 bits per heavy atom. The van der Waals surface area contributed by atoms with E-state index in [9.17, 15) is 23.3 Å². The highest BCUT2D eigenvalue weighted by Gasteiger charge is 2.31. The molecule has 0 aliphatic carbocycles. The number of nitro benzene ring substituents is 1. The maximum absolute atomic E-state index is 13.5. The van der Waals surface area contributed by atoms with E-state index < -0.39 is 33.1 Å². The summed E-state index contributed by atoms with van der Waals surface area (Å²) in [6.45, 7) is 1.56. The van der Waals surface area contributed by atoms with Crippen LogP contribution in [0.4, 0.5) is 11.4 Å². The van der Waals surface area contributed by atoms with Crippen LogP contribution in [0.1, 0.15) is 16.7 Å². The van der Waals surface area contributed by atoms with E-state index in [1.54, 1.807) is 18.2 Å². The average molecular weight is 668 g/mol. The van der Waals surface area contributed by atoms with Crippen LogP contribution < -0.4 is 19.2 Å². The number of ether oxygens (including phenoxy) is 2. The summed E-state index contributed by atoms with van der Waals surface area (Å²) >= 11 is 3.48. The number of carbonyl (C=O) groups excluding carboxylic acids is 1. The van der Waals surface area contributed by atoms with Gasteiger partial charge in [-0.2, -0.15) is 5.10 Å². The number of amides is 1. The second kappa shape index (κ2) is 13.9. The minimum atomic E-state index is -4.35. The van der Waals surface area contributed by atoms with Crippen molar-refractivity contribution < 1.29 is 27.6 Å². The molecular weight excluding hydrogens is 640 g/mol. The van der Waals surface area contributed by atoms with Crippen LogP contribution in [-0.2, 0) is 21.4 Å². The molecule has 43 heavy (non-hydrogen) atoms. The third-order valence-corrected chi connectivity index (χ3v) is 8.49. The lowest BCUT2D eigenvalue weighted by molar-refractivity contribution is -0.384. The minimum Gasteiger partial charge on any atom is -0.493 e. The lowest BCUT2D eigenvalue weighted by atomic mass is 10.2. The molecule has 4 aromatic rings. The summed E-state index contributed by atoms with van der Waals surface area (Å²) in [6.07, 6.45) is 1.34. The highest BCUT2D eigenvalue weighted by molar-refractivity contribution is 9.10. The first kappa shape index (κ1) is 31.2. The predicted molar refractivity (Wildman–Crippen MR) is 166 cm³/mol. The third kappa shape index (κ3) is 7.76. The summed E-state index contributed by atoms with van der Waals surface area (Å²) in [5.74, 6) is 0.0826. The Morgan fingerprint density at radius 1 is 1.05 bits per heavy atom. The van der Waals surface area contributed by atoms with Crippen LogP contribution in [0.5, 0.6) is 11.5 Å². The van der Waals surface area contributed by atoms with Gasteiger partial charge in [0.25, 0.3) is 21.6 Å². The van der Waals surface area contributed by atoms with Gasteiger partial charge >= 0.3 is 0 Å². The Bertz CT molecular complexity index is 1750. The lowest BCUT2D eigenvalue weighted by Crippen LogP contribution is -2.39. The number of halogens is 1. The molecular formula is C30H27BrN4O7S. The van der Waals surface area contributed by atoms with Crippen molar-refractivity contribution in [3.63, 3.8) is 0 Å². The number of methoxy groups -OCH3 is 1. The number of hydrogen-bond donors (Lipinski definition) is 1. The first-order chi connectivity index (χ1) is 20.6. The Kier molecular flexibility index (Phi) is 10.1. The number of hydrogen-bond acceptors (Lipinski definition) is 8. The number of hydrazone groups is 1. The summed E-state index contributed by atoms with van der Waals surface area (Å²) < 4.78 is 39.7. The Balaban J connectivity index is 1.52. The summed E-state index contributed by atoms with van der Waals surface area (Å²) in [5, 5.41) is 15.6. The van der Waals surface area contributed by atoms with Crippen molar-refractivity contribution >= 4 is 49.4 Å². The summed E-state index contributed by atoms with van der Waals surface area (Å²) in [7, 11) is -2.86. The highest BCUT2D eigenvalue weighted by Crippen LogP contribution is 2.37. The molecule has 11 nitrogen and oxygen atoms in total. The fraction of sp³-hybridized carbons (Fsp3) is 0.133. The molecule has 0 aliphatic heterocycles. The number of nitrogens with zero attached hydrogens (tertiary/aromatic N) is 3. The number of aryl methyl sites for hydroxylation is 1. The summed E-state index contributed by atoms with van der Waals surface area (Å²) in [6, 6.07) is 23.9. The molecule has 0 saturated carbocycles.